The lowest BCUT2D eigenvalue weighted by Gasteiger charge is -2.21. The molecule has 3 heterocycles. The van der Waals surface area contributed by atoms with Crippen LogP contribution in [0.25, 0.3) is 27.8 Å². The highest BCUT2D eigenvalue weighted by Gasteiger charge is 2.43. The number of carbonyl (C=O) groups is 1. The van der Waals surface area contributed by atoms with Gasteiger partial charge in [-0.1, -0.05) is 6.92 Å². The molecule has 0 bridgehead atoms. The van der Waals surface area contributed by atoms with E-state index in [1.165, 1.54) is 0 Å². The predicted octanol–water partition coefficient (Wildman–Crippen LogP) is 3.68. The molecule has 3 unspecified atom stereocenters. The number of aromatic nitrogens is 5. The fraction of sp³-hybridized carbons (Fsp3) is 0.391. The van der Waals surface area contributed by atoms with Crippen LogP contribution in [0.1, 0.15) is 30.4 Å². The number of fused-ring (bicyclic) bond motifs is 2. The van der Waals surface area contributed by atoms with Gasteiger partial charge in [-0.25, -0.2) is 13.8 Å². The molecular weight excluding hydrogens is 428 g/mol. The van der Waals surface area contributed by atoms with Gasteiger partial charge >= 0.3 is 0 Å². The SMILES string of the molecule is Cc1c(F)c(C(C)CN(C)C)c2[nH]ncc2c1-c1cn2cc(NC(=O)C3CC3F)nc2cn1. The summed E-state index contributed by atoms with van der Waals surface area (Å²) in [5.41, 5.74) is 3.48. The summed E-state index contributed by atoms with van der Waals surface area (Å²) in [6, 6.07) is 0. The van der Waals surface area contributed by atoms with Gasteiger partial charge < -0.3 is 14.6 Å². The first kappa shape index (κ1) is 21.4. The molecule has 3 aromatic heterocycles. The van der Waals surface area contributed by atoms with E-state index in [9.17, 15) is 9.18 Å². The number of hydrogen-bond donors (Lipinski definition) is 2. The number of nitrogens with zero attached hydrogens (tertiary/aromatic N) is 5. The maximum atomic E-state index is 15.6. The highest BCUT2D eigenvalue weighted by molar-refractivity contribution is 5.97. The van der Waals surface area contributed by atoms with Crippen LogP contribution in [0.5, 0.6) is 0 Å². The van der Waals surface area contributed by atoms with Crippen LogP contribution in [-0.4, -0.2) is 62.2 Å². The van der Waals surface area contributed by atoms with Crippen LogP contribution < -0.4 is 5.32 Å². The molecule has 33 heavy (non-hydrogen) atoms. The van der Waals surface area contributed by atoms with Crippen molar-refractivity contribution in [2.24, 2.45) is 5.92 Å². The van der Waals surface area contributed by atoms with Crippen LogP contribution in [0.4, 0.5) is 14.6 Å². The Hall–Kier alpha value is -3.40. The van der Waals surface area contributed by atoms with Gasteiger partial charge in [-0.3, -0.25) is 14.9 Å². The Bertz CT molecular complexity index is 1380. The van der Waals surface area contributed by atoms with Crippen LogP contribution in [0.2, 0.25) is 0 Å². The van der Waals surface area contributed by atoms with E-state index in [0.29, 0.717) is 45.9 Å². The average molecular weight is 453 g/mol. The van der Waals surface area contributed by atoms with Crippen molar-refractivity contribution >= 4 is 28.3 Å². The summed E-state index contributed by atoms with van der Waals surface area (Å²) in [5.74, 6) is -0.971. The molecule has 3 atom stereocenters. The van der Waals surface area contributed by atoms with E-state index in [1.807, 2.05) is 25.9 Å². The van der Waals surface area contributed by atoms with Gasteiger partial charge in [-0.2, -0.15) is 5.10 Å². The molecule has 8 nitrogen and oxygen atoms in total. The van der Waals surface area contributed by atoms with Crippen molar-refractivity contribution in [1.82, 2.24) is 29.5 Å². The second kappa shape index (κ2) is 7.87. The predicted molar refractivity (Wildman–Crippen MR) is 121 cm³/mol. The molecule has 2 N–H and O–H groups in total. The first-order chi connectivity index (χ1) is 15.7. The Kier molecular flexibility index (Phi) is 5.12. The maximum Gasteiger partial charge on any atom is 0.231 e. The van der Waals surface area contributed by atoms with E-state index in [2.05, 4.69) is 25.5 Å². The molecule has 0 radical (unpaired) electrons. The molecular formula is C23H25F2N7O. The molecule has 0 aliphatic heterocycles. The third-order valence-corrected chi connectivity index (χ3v) is 6.15. The number of aromatic amines is 1. The lowest BCUT2D eigenvalue weighted by molar-refractivity contribution is -0.117. The van der Waals surface area contributed by atoms with Crippen LogP contribution in [0, 0.1) is 18.7 Å². The molecule has 0 saturated heterocycles. The zero-order chi connectivity index (χ0) is 23.4. The number of hydrogen-bond acceptors (Lipinski definition) is 5. The van der Waals surface area contributed by atoms with Gasteiger partial charge in [0, 0.05) is 29.3 Å². The van der Waals surface area contributed by atoms with E-state index in [1.54, 1.807) is 36.1 Å². The standard InChI is InChI=1S/C23H25F2N7O/c1-11(8-31(3)4)19-21(25)12(2)20(14-6-27-30-22(14)19)16-9-32-10-17(28-18(32)7-26-16)29-23(33)13-5-15(13)24/h6-7,9-11,13,15H,5,8H2,1-4H3,(H,27,30)(H,29,33). The van der Waals surface area contributed by atoms with Crippen LogP contribution in [-0.2, 0) is 4.79 Å². The van der Waals surface area contributed by atoms with Gasteiger partial charge in [0.15, 0.2) is 11.5 Å². The minimum atomic E-state index is -1.08. The number of nitrogens with one attached hydrogen (secondary N) is 2. The molecule has 4 aromatic rings. The van der Waals surface area contributed by atoms with E-state index in [4.69, 9.17) is 0 Å². The summed E-state index contributed by atoms with van der Waals surface area (Å²) in [7, 11) is 3.92. The molecule has 172 valence electrons. The maximum absolute atomic E-state index is 15.6. The fourth-order valence-electron chi connectivity index (χ4n) is 4.48. The Morgan fingerprint density at radius 3 is 2.82 bits per heavy atom. The summed E-state index contributed by atoms with van der Waals surface area (Å²) in [4.78, 5) is 22.9. The highest BCUT2D eigenvalue weighted by Crippen LogP contribution is 2.38. The first-order valence-electron chi connectivity index (χ1n) is 10.8. The Morgan fingerprint density at radius 1 is 1.36 bits per heavy atom. The second-order valence-corrected chi connectivity index (χ2v) is 9.06. The smallest absolute Gasteiger partial charge is 0.231 e. The van der Waals surface area contributed by atoms with Crippen molar-refractivity contribution in [2.45, 2.75) is 32.4 Å². The van der Waals surface area contributed by atoms with Gasteiger partial charge in [0.2, 0.25) is 5.91 Å². The van der Waals surface area contributed by atoms with Gasteiger partial charge in [0.05, 0.1) is 35.7 Å². The number of likely N-dealkylation sites (N-methyl/N-ethyl adjacent to an activating group) is 1. The average Bonchev–Trinajstić information content (AvgIpc) is 3.12. The zero-order valence-corrected chi connectivity index (χ0v) is 18.9. The highest BCUT2D eigenvalue weighted by atomic mass is 19.1. The van der Waals surface area contributed by atoms with Crippen molar-refractivity contribution in [3.8, 4) is 11.3 Å². The van der Waals surface area contributed by atoms with Crippen molar-refractivity contribution < 1.29 is 13.6 Å². The van der Waals surface area contributed by atoms with Gasteiger partial charge in [-0.15, -0.1) is 0 Å². The first-order valence-corrected chi connectivity index (χ1v) is 10.8. The molecule has 1 aromatic carbocycles. The quantitative estimate of drug-likeness (QED) is 0.465. The van der Waals surface area contributed by atoms with E-state index < -0.39 is 12.1 Å². The van der Waals surface area contributed by atoms with Gasteiger partial charge in [0.25, 0.3) is 0 Å². The molecule has 5 rings (SSSR count). The Morgan fingerprint density at radius 2 is 2.12 bits per heavy atom. The summed E-state index contributed by atoms with van der Waals surface area (Å²) < 4.78 is 30.5. The normalized spacial score (nSPS) is 18.9. The van der Waals surface area contributed by atoms with E-state index in [0.717, 1.165) is 5.39 Å². The monoisotopic (exact) mass is 453 g/mol. The van der Waals surface area contributed by atoms with Crippen molar-refractivity contribution in [3.63, 3.8) is 0 Å². The van der Waals surface area contributed by atoms with Gasteiger partial charge in [0.1, 0.15) is 12.0 Å². The summed E-state index contributed by atoms with van der Waals surface area (Å²) in [5, 5.41) is 10.6. The molecule has 1 aliphatic rings. The van der Waals surface area contributed by atoms with Crippen molar-refractivity contribution in [1.29, 1.82) is 0 Å². The summed E-state index contributed by atoms with van der Waals surface area (Å²) in [6.45, 7) is 4.44. The molecule has 0 spiro atoms. The third kappa shape index (κ3) is 3.74. The minimum absolute atomic E-state index is 0.0404. The van der Waals surface area contributed by atoms with Crippen LogP contribution in [0.15, 0.2) is 24.8 Å². The molecule has 1 saturated carbocycles. The number of imidazole rings is 1. The largest absolute Gasteiger partial charge is 0.309 e. The van der Waals surface area contributed by atoms with Crippen LogP contribution >= 0.6 is 0 Å². The minimum Gasteiger partial charge on any atom is -0.309 e. The summed E-state index contributed by atoms with van der Waals surface area (Å²) >= 11 is 0. The number of amides is 1. The number of benzene rings is 1. The lowest BCUT2D eigenvalue weighted by Crippen LogP contribution is -2.20. The Labute approximate surface area is 189 Å². The number of carbonyl (C=O) groups excluding carboxylic acids is 1. The zero-order valence-electron chi connectivity index (χ0n) is 18.9. The number of anilines is 1. The van der Waals surface area contributed by atoms with Crippen molar-refractivity contribution in [3.05, 3.63) is 41.7 Å². The van der Waals surface area contributed by atoms with Gasteiger partial charge in [-0.05, 0) is 38.9 Å². The number of halogens is 2. The van der Waals surface area contributed by atoms with Crippen molar-refractivity contribution in [2.75, 3.05) is 26.0 Å². The van der Waals surface area contributed by atoms with E-state index >= 15 is 4.39 Å². The second-order valence-electron chi connectivity index (χ2n) is 9.06. The lowest BCUT2D eigenvalue weighted by atomic mass is 9.91. The summed E-state index contributed by atoms with van der Waals surface area (Å²) in [6.07, 6.45) is 5.81. The number of rotatable bonds is 6. The fourth-order valence-corrected chi connectivity index (χ4v) is 4.48. The van der Waals surface area contributed by atoms with Crippen LogP contribution in [0.3, 0.4) is 0 Å². The molecule has 1 fully saturated rings. The molecule has 1 aliphatic carbocycles. The Balaban J connectivity index is 1.56. The van der Waals surface area contributed by atoms with E-state index in [-0.39, 0.29) is 24.1 Å². The molecule has 10 heteroatoms. The topological polar surface area (TPSA) is 91.2 Å². The molecule has 1 amide bonds. The number of alkyl halides is 1. The number of H-pyrrole nitrogens is 1. The third-order valence-electron chi connectivity index (χ3n) is 6.15.